The molecule has 0 saturated carbocycles. The molecular formula is C16H15N5. The minimum atomic E-state index is 0.551. The molecule has 0 radical (unpaired) electrons. The van der Waals surface area contributed by atoms with E-state index in [-0.39, 0.29) is 0 Å². The zero-order chi connectivity index (χ0) is 14.5. The smallest absolute Gasteiger partial charge is 0.227 e. The van der Waals surface area contributed by atoms with E-state index < -0.39 is 0 Å². The van der Waals surface area contributed by atoms with Crippen LogP contribution in [-0.2, 0) is 0 Å². The molecule has 1 aromatic carbocycles. The number of anilines is 3. The predicted molar refractivity (Wildman–Crippen MR) is 84.5 cm³/mol. The molecule has 0 unspecified atom stereocenters. The number of aromatic nitrogens is 3. The van der Waals surface area contributed by atoms with Gasteiger partial charge in [-0.05, 0) is 42.5 Å². The topological polar surface area (TPSA) is 62.7 Å². The van der Waals surface area contributed by atoms with Crippen molar-refractivity contribution in [2.24, 2.45) is 0 Å². The van der Waals surface area contributed by atoms with Gasteiger partial charge in [-0.15, -0.1) is 0 Å². The van der Waals surface area contributed by atoms with E-state index in [0.29, 0.717) is 5.95 Å². The van der Waals surface area contributed by atoms with E-state index in [1.807, 2.05) is 55.6 Å². The molecule has 0 saturated heterocycles. The molecule has 2 aromatic heterocycles. The summed E-state index contributed by atoms with van der Waals surface area (Å²) in [5.41, 5.74) is 3.62. The molecule has 104 valence electrons. The van der Waals surface area contributed by atoms with Crippen molar-refractivity contribution in [3.05, 3.63) is 60.9 Å². The molecular weight excluding hydrogens is 262 g/mol. The first-order valence-electron chi connectivity index (χ1n) is 6.64. The summed E-state index contributed by atoms with van der Waals surface area (Å²) in [7, 11) is 1.89. The number of nitrogens with zero attached hydrogens (tertiary/aromatic N) is 3. The molecule has 21 heavy (non-hydrogen) atoms. The number of hydrogen-bond donors (Lipinski definition) is 2. The molecule has 0 amide bonds. The fourth-order valence-corrected chi connectivity index (χ4v) is 1.93. The van der Waals surface area contributed by atoms with Crippen molar-refractivity contribution in [1.82, 2.24) is 15.0 Å². The van der Waals surface area contributed by atoms with Crippen molar-refractivity contribution < 1.29 is 0 Å². The minimum Gasteiger partial charge on any atom is -0.388 e. The fourth-order valence-electron chi connectivity index (χ4n) is 1.93. The van der Waals surface area contributed by atoms with Gasteiger partial charge >= 0.3 is 0 Å². The third-order valence-electron chi connectivity index (χ3n) is 3.01. The van der Waals surface area contributed by atoms with Gasteiger partial charge in [0.05, 0.1) is 11.4 Å². The van der Waals surface area contributed by atoms with Crippen molar-refractivity contribution in [3.63, 3.8) is 0 Å². The molecule has 2 heterocycles. The number of nitrogens with one attached hydrogen (secondary N) is 2. The second kappa shape index (κ2) is 6.00. The third kappa shape index (κ3) is 3.14. The molecule has 2 N–H and O–H groups in total. The fraction of sp³-hybridized carbons (Fsp3) is 0.0625. The molecule has 0 atom stereocenters. The number of hydrogen-bond acceptors (Lipinski definition) is 5. The highest BCUT2D eigenvalue weighted by atomic mass is 15.1. The predicted octanol–water partition coefficient (Wildman–Crippen LogP) is 3.32. The quantitative estimate of drug-likeness (QED) is 0.766. The van der Waals surface area contributed by atoms with Crippen LogP contribution in [0.4, 0.5) is 17.3 Å². The highest BCUT2D eigenvalue weighted by Gasteiger charge is 2.03. The van der Waals surface area contributed by atoms with E-state index in [4.69, 9.17) is 0 Å². The molecule has 0 bridgehead atoms. The Morgan fingerprint density at radius 1 is 0.762 bits per heavy atom. The lowest BCUT2D eigenvalue weighted by Gasteiger charge is -2.07. The van der Waals surface area contributed by atoms with Gasteiger partial charge in [-0.25, -0.2) is 9.97 Å². The molecule has 0 aliphatic carbocycles. The van der Waals surface area contributed by atoms with Crippen LogP contribution < -0.4 is 10.6 Å². The van der Waals surface area contributed by atoms with Crippen LogP contribution in [0.1, 0.15) is 0 Å². The largest absolute Gasteiger partial charge is 0.388 e. The lowest BCUT2D eigenvalue weighted by Crippen LogP contribution is -1.98. The summed E-state index contributed by atoms with van der Waals surface area (Å²) in [6, 6.07) is 15.5. The van der Waals surface area contributed by atoms with Crippen LogP contribution in [0.2, 0.25) is 0 Å². The summed E-state index contributed by atoms with van der Waals surface area (Å²) >= 11 is 0. The second-order valence-electron chi connectivity index (χ2n) is 4.43. The van der Waals surface area contributed by atoms with Gasteiger partial charge in [-0.2, -0.15) is 0 Å². The van der Waals surface area contributed by atoms with Gasteiger partial charge in [0.2, 0.25) is 5.95 Å². The zero-order valence-electron chi connectivity index (χ0n) is 11.6. The Kier molecular flexibility index (Phi) is 3.73. The molecule has 3 rings (SSSR count). The van der Waals surface area contributed by atoms with Crippen molar-refractivity contribution in [2.75, 3.05) is 17.7 Å². The maximum Gasteiger partial charge on any atom is 0.227 e. The summed E-state index contributed by atoms with van der Waals surface area (Å²) < 4.78 is 0. The molecule has 0 aliphatic rings. The molecule has 0 fully saturated rings. The SMILES string of the molecule is CNc1ccc(Nc2nccc(-c3ccccn3)n2)cc1. The Balaban J connectivity index is 1.83. The Hall–Kier alpha value is -2.95. The second-order valence-corrected chi connectivity index (χ2v) is 4.43. The number of pyridine rings is 1. The number of rotatable bonds is 4. The van der Waals surface area contributed by atoms with Crippen LogP contribution in [0.25, 0.3) is 11.4 Å². The molecule has 0 spiro atoms. The van der Waals surface area contributed by atoms with Crippen LogP contribution in [0.15, 0.2) is 60.9 Å². The van der Waals surface area contributed by atoms with E-state index in [0.717, 1.165) is 22.8 Å². The Bertz CT molecular complexity index is 710. The van der Waals surface area contributed by atoms with Crippen LogP contribution in [-0.4, -0.2) is 22.0 Å². The number of benzene rings is 1. The van der Waals surface area contributed by atoms with E-state index >= 15 is 0 Å². The van der Waals surface area contributed by atoms with Crippen molar-refractivity contribution in [3.8, 4) is 11.4 Å². The summed E-state index contributed by atoms with van der Waals surface area (Å²) in [5, 5.41) is 6.27. The Labute approximate surface area is 123 Å². The van der Waals surface area contributed by atoms with Crippen molar-refractivity contribution in [2.45, 2.75) is 0 Å². The first-order valence-corrected chi connectivity index (χ1v) is 6.64. The molecule has 0 aliphatic heterocycles. The maximum absolute atomic E-state index is 4.48. The van der Waals surface area contributed by atoms with E-state index in [9.17, 15) is 0 Å². The van der Waals surface area contributed by atoms with Gasteiger partial charge < -0.3 is 10.6 Å². The average molecular weight is 277 g/mol. The Morgan fingerprint density at radius 3 is 2.29 bits per heavy atom. The van der Waals surface area contributed by atoms with Crippen LogP contribution in [0.5, 0.6) is 0 Å². The van der Waals surface area contributed by atoms with Gasteiger partial charge in [0, 0.05) is 30.8 Å². The summed E-state index contributed by atoms with van der Waals surface area (Å²) in [6.07, 6.45) is 3.47. The van der Waals surface area contributed by atoms with Gasteiger partial charge in [-0.1, -0.05) is 6.07 Å². The van der Waals surface area contributed by atoms with E-state index in [1.165, 1.54) is 0 Å². The maximum atomic E-state index is 4.48. The zero-order valence-corrected chi connectivity index (χ0v) is 11.6. The molecule has 3 aromatic rings. The highest BCUT2D eigenvalue weighted by Crippen LogP contribution is 2.18. The monoisotopic (exact) mass is 277 g/mol. The van der Waals surface area contributed by atoms with Crippen LogP contribution in [0.3, 0.4) is 0 Å². The molecule has 5 nitrogen and oxygen atoms in total. The first-order chi connectivity index (χ1) is 10.3. The summed E-state index contributed by atoms with van der Waals surface area (Å²) in [6.45, 7) is 0. The average Bonchev–Trinajstić information content (AvgIpc) is 2.57. The minimum absolute atomic E-state index is 0.551. The normalized spacial score (nSPS) is 10.1. The van der Waals surface area contributed by atoms with Crippen LogP contribution >= 0.6 is 0 Å². The molecule has 5 heteroatoms. The summed E-state index contributed by atoms with van der Waals surface area (Å²) in [5.74, 6) is 0.551. The van der Waals surface area contributed by atoms with Gasteiger partial charge in [0.1, 0.15) is 0 Å². The first kappa shape index (κ1) is 13.1. The van der Waals surface area contributed by atoms with Crippen molar-refractivity contribution in [1.29, 1.82) is 0 Å². The van der Waals surface area contributed by atoms with E-state index in [2.05, 4.69) is 25.6 Å². The lowest BCUT2D eigenvalue weighted by molar-refractivity contribution is 1.15. The third-order valence-corrected chi connectivity index (χ3v) is 3.01. The van der Waals surface area contributed by atoms with Gasteiger partial charge in [0.15, 0.2) is 0 Å². The standard InChI is InChI=1S/C16H15N5/c1-17-12-5-7-13(8-6-12)20-16-19-11-9-15(21-16)14-4-2-3-10-18-14/h2-11,17H,1H3,(H,19,20,21). The highest BCUT2D eigenvalue weighted by molar-refractivity contribution is 5.60. The van der Waals surface area contributed by atoms with Crippen molar-refractivity contribution >= 4 is 17.3 Å². The van der Waals surface area contributed by atoms with E-state index in [1.54, 1.807) is 12.4 Å². The van der Waals surface area contributed by atoms with Gasteiger partial charge in [-0.3, -0.25) is 4.98 Å². The van der Waals surface area contributed by atoms with Gasteiger partial charge in [0.25, 0.3) is 0 Å². The Morgan fingerprint density at radius 2 is 1.57 bits per heavy atom. The summed E-state index contributed by atoms with van der Waals surface area (Å²) in [4.78, 5) is 13.0. The lowest BCUT2D eigenvalue weighted by atomic mass is 10.2. The van der Waals surface area contributed by atoms with Crippen LogP contribution in [0, 0.1) is 0 Å².